The topological polar surface area (TPSA) is 33.1 Å². The van der Waals surface area contributed by atoms with E-state index in [1.54, 1.807) is 24.9 Å². The largest absolute Gasteiger partial charge is 0.389 e. The molecule has 0 spiro atoms. The number of hydrogen-bond donors (Lipinski definition) is 1. The second kappa shape index (κ2) is 5.98. The molecular formula is C17H21NOS. The van der Waals surface area contributed by atoms with Crippen LogP contribution in [-0.2, 0) is 5.41 Å². The van der Waals surface area contributed by atoms with Crippen LogP contribution in [0.2, 0.25) is 0 Å². The lowest BCUT2D eigenvalue weighted by Gasteiger charge is -2.19. The minimum absolute atomic E-state index is 0.174. The monoisotopic (exact) mass is 287 g/mol. The summed E-state index contributed by atoms with van der Waals surface area (Å²) in [6.45, 7) is 8.40. The first kappa shape index (κ1) is 15.1. The highest BCUT2D eigenvalue weighted by atomic mass is 32.2. The molecule has 1 heterocycles. The van der Waals surface area contributed by atoms with Gasteiger partial charge in [-0.1, -0.05) is 44.7 Å². The Balaban J connectivity index is 2.16. The Bertz CT molecular complexity index is 570. The van der Waals surface area contributed by atoms with Gasteiger partial charge in [0.05, 0.1) is 6.10 Å². The van der Waals surface area contributed by atoms with Crippen LogP contribution in [0, 0.1) is 0 Å². The first-order valence-electron chi connectivity index (χ1n) is 6.79. The van der Waals surface area contributed by atoms with Gasteiger partial charge in [-0.2, -0.15) is 0 Å². The van der Waals surface area contributed by atoms with Crippen LogP contribution in [0.4, 0.5) is 0 Å². The van der Waals surface area contributed by atoms with Gasteiger partial charge in [0.25, 0.3) is 0 Å². The molecule has 106 valence electrons. The third-order valence-corrected chi connectivity index (χ3v) is 4.12. The van der Waals surface area contributed by atoms with Crippen LogP contribution in [0.25, 0.3) is 0 Å². The maximum atomic E-state index is 9.60. The van der Waals surface area contributed by atoms with E-state index in [1.165, 1.54) is 5.56 Å². The van der Waals surface area contributed by atoms with Gasteiger partial charge in [0, 0.05) is 11.1 Å². The number of pyridine rings is 1. The van der Waals surface area contributed by atoms with E-state index in [9.17, 15) is 5.11 Å². The molecule has 0 bridgehead atoms. The quantitative estimate of drug-likeness (QED) is 0.896. The zero-order valence-corrected chi connectivity index (χ0v) is 13.2. The predicted molar refractivity (Wildman–Crippen MR) is 84.1 cm³/mol. The Morgan fingerprint density at radius 3 is 2.30 bits per heavy atom. The summed E-state index contributed by atoms with van der Waals surface area (Å²) in [7, 11) is 0. The zero-order chi connectivity index (χ0) is 14.8. The molecule has 1 atom stereocenters. The number of hydrogen-bond acceptors (Lipinski definition) is 3. The lowest BCUT2D eigenvalue weighted by atomic mass is 9.87. The molecule has 1 N–H and O–H groups in total. The first-order chi connectivity index (χ1) is 9.36. The van der Waals surface area contributed by atoms with Crippen molar-refractivity contribution in [2.45, 2.75) is 49.1 Å². The van der Waals surface area contributed by atoms with Crippen molar-refractivity contribution in [2.75, 3.05) is 0 Å². The van der Waals surface area contributed by atoms with Gasteiger partial charge in [-0.15, -0.1) is 0 Å². The van der Waals surface area contributed by atoms with E-state index >= 15 is 0 Å². The van der Waals surface area contributed by atoms with E-state index in [0.717, 1.165) is 15.5 Å². The van der Waals surface area contributed by atoms with Crippen LogP contribution in [0.15, 0.2) is 52.5 Å². The van der Waals surface area contributed by atoms with Crippen LogP contribution >= 0.6 is 11.8 Å². The predicted octanol–water partition coefficient (Wildman–Crippen LogP) is 4.58. The van der Waals surface area contributed by atoms with Crippen molar-refractivity contribution in [1.82, 2.24) is 4.98 Å². The molecule has 0 saturated heterocycles. The minimum atomic E-state index is -0.458. The Morgan fingerprint density at radius 2 is 1.75 bits per heavy atom. The third-order valence-electron chi connectivity index (χ3n) is 3.18. The minimum Gasteiger partial charge on any atom is -0.389 e. The summed E-state index contributed by atoms with van der Waals surface area (Å²) < 4.78 is 0. The molecule has 0 aliphatic heterocycles. The molecule has 0 aliphatic rings. The second-order valence-electron chi connectivity index (χ2n) is 5.98. The molecule has 20 heavy (non-hydrogen) atoms. The molecule has 3 heteroatoms. The summed E-state index contributed by atoms with van der Waals surface area (Å²) in [5.41, 5.74) is 2.40. The molecule has 0 saturated carbocycles. The molecule has 0 aliphatic carbocycles. The summed E-state index contributed by atoms with van der Waals surface area (Å²) in [6, 6.07) is 12.4. The van der Waals surface area contributed by atoms with Crippen molar-refractivity contribution < 1.29 is 5.11 Å². The molecule has 0 unspecified atom stereocenters. The average Bonchev–Trinajstić information content (AvgIpc) is 2.38. The van der Waals surface area contributed by atoms with E-state index in [-0.39, 0.29) is 5.41 Å². The fourth-order valence-corrected chi connectivity index (χ4v) is 2.71. The van der Waals surface area contributed by atoms with Crippen molar-refractivity contribution in [2.24, 2.45) is 0 Å². The first-order valence-corrected chi connectivity index (χ1v) is 7.60. The summed E-state index contributed by atoms with van der Waals surface area (Å²) in [5, 5.41) is 10.5. The molecule has 0 amide bonds. The Hall–Kier alpha value is -1.32. The average molecular weight is 287 g/mol. The van der Waals surface area contributed by atoms with E-state index in [1.807, 2.05) is 12.1 Å². The SMILES string of the molecule is C[C@@H](O)c1ccnc(Sc2ccc(C(C)(C)C)cc2)c1. The normalized spacial score (nSPS) is 13.2. The molecule has 1 aromatic heterocycles. The maximum absolute atomic E-state index is 9.60. The Labute approximate surface area is 125 Å². The Morgan fingerprint density at radius 1 is 1.10 bits per heavy atom. The zero-order valence-electron chi connectivity index (χ0n) is 12.4. The van der Waals surface area contributed by atoms with Gasteiger partial charge in [-0.3, -0.25) is 0 Å². The van der Waals surface area contributed by atoms with Gasteiger partial charge in [-0.05, 0) is 47.7 Å². The number of nitrogens with zero attached hydrogens (tertiary/aromatic N) is 1. The number of aromatic nitrogens is 1. The standard InChI is InChI=1S/C17H21NOS/c1-12(19)13-9-10-18-16(11-13)20-15-7-5-14(6-8-15)17(2,3)4/h5-12,19H,1-4H3/t12-/m1/s1. The number of aliphatic hydroxyl groups is 1. The highest BCUT2D eigenvalue weighted by Crippen LogP contribution is 2.30. The molecule has 2 rings (SSSR count). The van der Waals surface area contributed by atoms with Crippen LogP contribution < -0.4 is 0 Å². The van der Waals surface area contributed by atoms with Crippen LogP contribution in [0.1, 0.15) is 44.9 Å². The Kier molecular flexibility index (Phi) is 4.51. The number of aliphatic hydroxyl groups excluding tert-OH is 1. The van der Waals surface area contributed by atoms with Gasteiger partial charge in [0.1, 0.15) is 5.03 Å². The van der Waals surface area contributed by atoms with E-state index in [4.69, 9.17) is 0 Å². The summed E-state index contributed by atoms with van der Waals surface area (Å²) >= 11 is 1.62. The highest BCUT2D eigenvalue weighted by Gasteiger charge is 2.13. The molecule has 0 radical (unpaired) electrons. The summed E-state index contributed by atoms with van der Waals surface area (Å²) in [5.74, 6) is 0. The summed E-state index contributed by atoms with van der Waals surface area (Å²) in [4.78, 5) is 5.50. The second-order valence-corrected chi connectivity index (χ2v) is 7.07. The number of rotatable bonds is 3. The van der Waals surface area contributed by atoms with E-state index in [2.05, 4.69) is 50.0 Å². The van der Waals surface area contributed by atoms with Crippen LogP contribution in [0.5, 0.6) is 0 Å². The fourth-order valence-electron chi connectivity index (χ4n) is 1.88. The van der Waals surface area contributed by atoms with Gasteiger partial charge in [0.15, 0.2) is 0 Å². The lowest BCUT2D eigenvalue weighted by molar-refractivity contribution is 0.199. The van der Waals surface area contributed by atoms with Crippen molar-refractivity contribution in [3.63, 3.8) is 0 Å². The van der Waals surface area contributed by atoms with E-state index < -0.39 is 6.10 Å². The van der Waals surface area contributed by atoms with Crippen molar-refractivity contribution in [1.29, 1.82) is 0 Å². The van der Waals surface area contributed by atoms with Gasteiger partial charge in [0.2, 0.25) is 0 Å². The third kappa shape index (κ3) is 3.84. The summed E-state index contributed by atoms with van der Waals surface area (Å²) in [6.07, 6.45) is 1.29. The van der Waals surface area contributed by atoms with Crippen molar-refractivity contribution in [3.05, 3.63) is 53.7 Å². The molecule has 1 aromatic carbocycles. The van der Waals surface area contributed by atoms with Crippen LogP contribution in [-0.4, -0.2) is 10.1 Å². The molecule has 2 nitrogen and oxygen atoms in total. The van der Waals surface area contributed by atoms with Crippen molar-refractivity contribution in [3.8, 4) is 0 Å². The molecule has 0 fully saturated rings. The molecule has 2 aromatic rings. The smallest absolute Gasteiger partial charge is 0.101 e. The van der Waals surface area contributed by atoms with Gasteiger partial charge in [-0.25, -0.2) is 4.98 Å². The van der Waals surface area contributed by atoms with Gasteiger partial charge >= 0.3 is 0 Å². The maximum Gasteiger partial charge on any atom is 0.101 e. The van der Waals surface area contributed by atoms with Crippen molar-refractivity contribution >= 4 is 11.8 Å². The van der Waals surface area contributed by atoms with Crippen LogP contribution in [0.3, 0.4) is 0 Å². The fraction of sp³-hybridized carbons (Fsp3) is 0.353. The highest BCUT2D eigenvalue weighted by molar-refractivity contribution is 7.99. The van der Waals surface area contributed by atoms with Gasteiger partial charge < -0.3 is 5.11 Å². The lowest BCUT2D eigenvalue weighted by Crippen LogP contribution is -2.10. The molecular weight excluding hydrogens is 266 g/mol. The van der Waals surface area contributed by atoms with E-state index in [0.29, 0.717) is 0 Å². The number of benzene rings is 1.